The van der Waals surface area contributed by atoms with Gasteiger partial charge in [0.05, 0.1) is 6.10 Å². The molecule has 1 aliphatic heterocycles. The third-order valence-electron chi connectivity index (χ3n) is 3.19. The van der Waals surface area contributed by atoms with Crippen LogP contribution in [-0.4, -0.2) is 43.5 Å². The number of aromatic nitrogens is 1. The summed E-state index contributed by atoms with van der Waals surface area (Å²) in [5.74, 6) is 0. The molecule has 0 atom stereocenters. The van der Waals surface area contributed by atoms with Crippen LogP contribution in [0.1, 0.15) is 19.8 Å². The summed E-state index contributed by atoms with van der Waals surface area (Å²) in [5.41, 5.74) is 0. The first-order chi connectivity index (χ1) is 9.45. The first-order valence-corrected chi connectivity index (χ1v) is 8.99. The summed E-state index contributed by atoms with van der Waals surface area (Å²) >= 11 is 9.13. The molecule has 0 radical (unpaired) electrons. The van der Waals surface area contributed by atoms with Crippen LogP contribution in [0.5, 0.6) is 0 Å². The predicted molar refractivity (Wildman–Crippen MR) is 80.4 cm³/mol. The van der Waals surface area contributed by atoms with Crippen molar-refractivity contribution in [1.29, 1.82) is 0 Å². The lowest BCUT2D eigenvalue weighted by molar-refractivity contribution is 0.0290. The van der Waals surface area contributed by atoms with E-state index in [-0.39, 0.29) is 16.2 Å². The molecule has 0 bridgehead atoms. The standard InChI is InChI=1S/C12H16BrClN2O3S/c1-2-19-10-3-5-16(6-4-10)20(17,18)11-7-9(13)8-15-12(11)14/h7-8,10H,2-6H2,1H3. The number of hydrogen-bond acceptors (Lipinski definition) is 4. The monoisotopic (exact) mass is 382 g/mol. The molecule has 0 N–H and O–H groups in total. The van der Waals surface area contributed by atoms with Crippen LogP contribution in [0.3, 0.4) is 0 Å². The van der Waals surface area contributed by atoms with Crippen LogP contribution in [0.4, 0.5) is 0 Å². The summed E-state index contributed by atoms with van der Waals surface area (Å²) in [6.07, 6.45) is 3.02. The maximum Gasteiger partial charge on any atom is 0.246 e. The number of piperidine rings is 1. The van der Waals surface area contributed by atoms with E-state index in [1.807, 2.05) is 6.92 Å². The molecule has 0 amide bonds. The van der Waals surface area contributed by atoms with Crippen molar-refractivity contribution in [2.45, 2.75) is 30.8 Å². The zero-order valence-electron chi connectivity index (χ0n) is 11.1. The van der Waals surface area contributed by atoms with E-state index in [4.69, 9.17) is 16.3 Å². The van der Waals surface area contributed by atoms with Gasteiger partial charge in [0.2, 0.25) is 10.0 Å². The third-order valence-corrected chi connectivity index (χ3v) is 5.95. The number of nitrogens with zero attached hydrogens (tertiary/aromatic N) is 2. The highest BCUT2D eigenvalue weighted by Crippen LogP contribution is 2.28. The van der Waals surface area contributed by atoms with Crippen molar-refractivity contribution in [3.05, 3.63) is 21.9 Å². The van der Waals surface area contributed by atoms with Crippen LogP contribution < -0.4 is 0 Å². The lowest BCUT2D eigenvalue weighted by Crippen LogP contribution is -2.41. The molecule has 1 saturated heterocycles. The average Bonchev–Trinajstić information content (AvgIpc) is 2.42. The highest BCUT2D eigenvalue weighted by atomic mass is 79.9. The third kappa shape index (κ3) is 3.51. The first kappa shape index (κ1) is 16.2. The van der Waals surface area contributed by atoms with Crippen molar-refractivity contribution in [3.63, 3.8) is 0 Å². The normalized spacial score (nSPS) is 18.4. The Morgan fingerprint density at radius 3 is 2.75 bits per heavy atom. The smallest absolute Gasteiger partial charge is 0.246 e. The molecule has 2 heterocycles. The number of pyridine rings is 1. The van der Waals surface area contributed by atoms with Crippen molar-refractivity contribution < 1.29 is 13.2 Å². The molecule has 2 rings (SSSR count). The molecule has 8 heteroatoms. The Morgan fingerprint density at radius 2 is 2.15 bits per heavy atom. The Bertz CT molecular complexity index is 574. The molecular weight excluding hydrogens is 368 g/mol. The zero-order chi connectivity index (χ0) is 14.8. The number of rotatable bonds is 4. The van der Waals surface area contributed by atoms with Gasteiger partial charge in [0.1, 0.15) is 10.0 Å². The van der Waals surface area contributed by atoms with Gasteiger partial charge in [-0.25, -0.2) is 13.4 Å². The highest BCUT2D eigenvalue weighted by molar-refractivity contribution is 9.10. The quantitative estimate of drug-likeness (QED) is 0.750. The lowest BCUT2D eigenvalue weighted by atomic mass is 10.1. The predicted octanol–water partition coefficient (Wildman–Crippen LogP) is 2.69. The largest absolute Gasteiger partial charge is 0.378 e. The van der Waals surface area contributed by atoms with Crippen LogP contribution in [0.25, 0.3) is 0 Å². The van der Waals surface area contributed by atoms with Gasteiger partial charge in [0.25, 0.3) is 0 Å². The van der Waals surface area contributed by atoms with Gasteiger partial charge in [-0.1, -0.05) is 11.6 Å². The second kappa shape index (κ2) is 6.70. The van der Waals surface area contributed by atoms with Gasteiger partial charge in [-0.3, -0.25) is 0 Å². The molecule has 1 fully saturated rings. The SMILES string of the molecule is CCOC1CCN(S(=O)(=O)c2cc(Br)cnc2Cl)CC1. The fourth-order valence-electron chi connectivity index (χ4n) is 2.20. The maximum absolute atomic E-state index is 12.6. The number of hydrogen-bond donors (Lipinski definition) is 0. The summed E-state index contributed by atoms with van der Waals surface area (Å²) < 4.78 is 32.7. The van der Waals surface area contributed by atoms with Gasteiger partial charge in [-0.2, -0.15) is 4.31 Å². The number of sulfonamides is 1. The molecule has 1 aliphatic rings. The first-order valence-electron chi connectivity index (χ1n) is 6.38. The molecule has 0 saturated carbocycles. The highest BCUT2D eigenvalue weighted by Gasteiger charge is 2.31. The van der Waals surface area contributed by atoms with Crippen LogP contribution >= 0.6 is 27.5 Å². The van der Waals surface area contributed by atoms with Gasteiger partial charge in [-0.15, -0.1) is 0 Å². The zero-order valence-corrected chi connectivity index (χ0v) is 14.2. The fourth-order valence-corrected chi connectivity index (χ4v) is 4.59. The molecule has 20 heavy (non-hydrogen) atoms. The van der Waals surface area contributed by atoms with E-state index < -0.39 is 10.0 Å². The van der Waals surface area contributed by atoms with Crippen LogP contribution in [0.2, 0.25) is 5.15 Å². The van der Waals surface area contributed by atoms with Crippen molar-refractivity contribution in [1.82, 2.24) is 9.29 Å². The van der Waals surface area contributed by atoms with E-state index in [1.54, 1.807) is 0 Å². The summed E-state index contributed by atoms with van der Waals surface area (Å²) in [6, 6.07) is 1.49. The van der Waals surface area contributed by atoms with E-state index in [1.165, 1.54) is 16.6 Å². The van der Waals surface area contributed by atoms with Crippen molar-refractivity contribution >= 4 is 37.6 Å². The minimum Gasteiger partial charge on any atom is -0.378 e. The summed E-state index contributed by atoms with van der Waals surface area (Å²) in [4.78, 5) is 3.92. The van der Waals surface area contributed by atoms with Crippen LogP contribution in [0.15, 0.2) is 21.6 Å². The molecule has 0 spiro atoms. The Labute approximate surface area is 132 Å². The van der Waals surface area contributed by atoms with E-state index in [0.717, 1.165) is 0 Å². The van der Waals surface area contributed by atoms with E-state index in [2.05, 4.69) is 20.9 Å². The Morgan fingerprint density at radius 1 is 1.50 bits per heavy atom. The molecule has 0 unspecified atom stereocenters. The number of ether oxygens (including phenoxy) is 1. The summed E-state index contributed by atoms with van der Waals surface area (Å²) in [6.45, 7) is 3.47. The van der Waals surface area contributed by atoms with Crippen LogP contribution in [0, 0.1) is 0 Å². The lowest BCUT2D eigenvalue weighted by Gasteiger charge is -2.31. The van der Waals surface area contributed by atoms with E-state index in [9.17, 15) is 8.42 Å². The Hall–Kier alpha value is -0.210. The summed E-state index contributed by atoms with van der Waals surface area (Å²) in [5, 5.41) is 0.000122. The average molecular weight is 384 g/mol. The molecule has 0 aromatic carbocycles. The fraction of sp³-hybridized carbons (Fsp3) is 0.583. The Balaban J connectivity index is 2.18. The van der Waals surface area contributed by atoms with Crippen LogP contribution in [-0.2, 0) is 14.8 Å². The van der Waals surface area contributed by atoms with Gasteiger partial charge in [0.15, 0.2) is 0 Å². The molecule has 112 valence electrons. The number of halogens is 2. The second-order valence-corrected chi connectivity index (χ2v) is 7.68. The molecule has 5 nitrogen and oxygen atoms in total. The van der Waals surface area contributed by atoms with Crippen molar-refractivity contribution in [2.24, 2.45) is 0 Å². The van der Waals surface area contributed by atoms with Crippen molar-refractivity contribution in [2.75, 3.05) is 19.7 Å². The van der Waals surface area contributed by atoms with Gasteiger partial charge in [0, 0.05) is 30.4 Å². The van der Waals surface area contributed by atoms with Gasteiger partial charge in [-0.05, 0) is 41.8 Å². The van der Waals surface area contributed by atoms with E-state index >= 15 is 0 Å². The molecule has 0 aliphatic carbocycles. The van der Waals surface area contributed by atoms with Crippen molar-refractivity contribution in [3.8, 4) is 0 Å². The van der Waals surface area contributed by atoms with E-state index in [0.29, 0.717) is 37.0 Å². The molecule has 1 aromatic heterocycles. The molecule has 1 aromatic rings. The summed E-state index contributed by atoms with van der Waals surface area (Å²) in [7, 11) is -3.60. The topological polar surface area (TPSA) is 59.5 Å². The minimum absolute atomic E-state index is 0.000122. The second-order valence-electron chi connectivity index (χ2n) is 4.50. The van der Waals surface area contributed by atoms with Gasteiger partial charge < -0.3 is 4.74 Å². The van der Waals surface area contributed by atoms with Gasteiger partial charge >= 0.3 is 0 Å². The maximum atomic E-state index is 12.6. The molecular formula is C12H16BrClN2O3S. The Kier molecular flexibility index (Phi) is 5.42. The minimum atomic E-state index is -3.60.